The molecule has 1 aliphatic rings. The SMILES string of the molecule is CC1(C)COP(Oc2cccc(I)c2)OC1. The van der Waals surface area contributed by atoms with Crippen LogP contribution in [0.3, 0.4) is 0 Å². The van der Waals surface area contributed by atoms with E-state index >= 15 is 0 Å². The van der Waals surface area contributed by atoms with Gasteiger partial charge in [0.25, 0.3) is 0 Å². The molecule has 16 heavy (non-hydrogen) atoms. The molecule has 5 heteroatoms. The van der Waals surface area contributed by atoms with Gasteiger partial charge in [-0.25, -0.2) is 0 Å². The van der Waals surface area contributed by atoms with Crippen molar-refractivity contribution in [2.45, 2.75) is 13.8 Å². The van der Waals surface area contributed by atoms with Crippen molar-refractivity contribution in [3.05, 3.63) is 27.8 Å². The van der Waals surface area contributed by atoms with E-state index in [1.54, 1.807) is 0 Å². The van der Waals surface area contributed by atoms with Gasteiger partial charge in [-0.2, -0.15) is 0 Å². The molecule has 1 aliphatic heterocycles. The summed E-state index contributed by atoms with van der Waals surface area (Å²) in [6, 6.07) is 7.86. The summed E-state index contributed by atoms with van der Waals surface area (Å²) < 4.78 is 17.9. The molecule has 1 saturated heterocycles. The van der Waals surface area contributed by atoms with E-state index in [2.05, 4.69) is 36.4 Å². The third-order valence-corrected chi connectivity index (χ3v) is 3.81. The van der Waals surface area contributed by atoms with Crippen LogP contribution in [0.4, 0.5) is 0 Å². The fourth-order valence-corrected chi connectivity index (χ4v) is 3.09. The van der Waals surface area contributed by atoms with Crippen molar-refractivity contribution in [3.63, 3.8) is 0 Å². The topological polar surface area (TPSA) is 27.7 Å². The third kappa shape index (κ3) is 3.55. The lowest BCUT2D eigenvalue weighted by Crippen LogP contribution is -2.28. The Morgan fingerprint density at radius 2 is 2.00 bits per heavy atom. The highest BCUT2D eigenvalue weighted by atomic mass is 127. The standard InChI is InChI=1S/C11H14IO3P/c1-11(2)7-13-16(14-8-11)15-10-5-3-4-9(12)6-10/h3-6H,7-8H2,1-2H3. The minimum atomic E-state index is -1.22. The molecular formula is C11H14IO3P. The van der Waals surface area contributed by atoms with Gasteiger partial charge in [-0.3, -0.25) is 0 Å². The molecule has 0 aromatic heterocycles. The van der Waals surface area contributed by atoms with Crippen molar-refractivity contribution >= 4 is 31.2 Å². The highest BCUT2D eigenvalue weighted by Gasteiger charge is 2.31. The summed E-state index contributed by atoms with van der Waals surface area (Å²) in [5, 5.41) is 0. The Labute approximate surface area is 111 Å². The summed E-state index contributed by atoms with van der Waals surface area (Å²) in [5.41, 5.74) is 0.0906. The van der Waals surface area contributed by atoms with E-state index in [0.717, 1.165) is 9.32 Å². The van der Waals surface area contributed by atoms with Crippen molar-refractivity contribution in [2.24, 2.45) is 5.41 Å². The number of halogens is 1. The molecule has 0 aliphatic carbocycles. The van der Waals surface area contributed by atoms with Crippen LogP contribution in [0, 0.1) is 8.99 Å². The molecule has 88 valence electrons. The minimum Gasteiger partial charge on any atom is -0.427 e. The van der Waals surface area contributed by atoms with Crippen molar-refractivity contribution < 1.29 is 13.6 Å². The molecule has 0 saturated carbocycles. The van der Waals surface area contributed by atoms with Crippen LogP contribution in [0.15, 0.2) is 24.3 Å². The summed E-state index contributed by atoms with van der Waals surface area (Å²) in [6.07, 6.45) is 0. The molecule has 1 aromatic carbocycles. The lowest BCUT2D eigenvalue weighted by atomic mass is 9.97. The first-order valence-corrected chi connectivity index (χ1v) is 7.22. The Balaban J connectivity index is 1.92. The monoisotopic (exact) mass is 352 g/mol. The van der Waals surface area contributed by atoms with Gasteiger partial charge in [0.15, 0.2) is 0 Å². The first-order valence-electron chi connectivity index (χ1n) is 5.05. The zero-order valence-electron chi connectivity index (χ0n) is 9.27. The van der Waals surface area contributed by atoms with Gasteiger partial charge in [-0.1, -0.05) is 19.9 Å². The van der Waals surface area contributed by atoms with Gasteiger partial charge in [-0.15, -0.1) is 0 Å². The van der Waals surface area contributed by atoms with Crippen LogP contribution in [0.5, 0.6) is 5.75 Å². The number of hydrogen-bond donors (Lipinski definition) is 0. The molecule has 0 unspecified atom stereocenters. The second kappa shape index (κ2) is 5.17. The third-order valence-electron chi connectivity index (χ3n) is 2.10. The molecule has 0 amide bonds. The van der Waals surface area contributed by atoms with Gasteiger partial charge < -0.3 is 13.6 Å². The van der Waals surface area contributed by atoms with Gasteiger partial charge in [0.2, 0.25) is 0 Å². The van der Waals surface area contributed by atoms with Crippen molar-refractivity contribution in [2.75, 3.05) is 13.2 Å². The van der Waals surface area contributed by atoms with Gasteiger partial charge in [0.1, 0.15) is 5.75 Å². The van der Waals surface area contributed by atoms with Crippen molar-refractivity contribution in [3.8, 4) is 5.75 Å². The van der Waals surface area contributed by atoms with Crippen LogP contribution in [0.1, 0.15) is 13.8 Å². The van der Waals surface area contributed by atoms with Gasteiger partial charge in [0, 0.05) is 8.99 Å². The average Bonchev–Trinajstić information content (AvgIpc) is 2.21. The van der Waals surface area contributed by atoms with Crippen LogP contribution in [0.25, 0.3) is 0 Å². The first kappa shape index (κ1) is 12.6. The predicted molar refractivity (Wildman–Crippen MR) is 72.4 cm³/mol. The van der Waals surface area contributed by atoms with Crippen molar-refractivity contribution in [1.29, 1.82) is 0 Å². The quantitative estimate of drug-likeness (QED) is 0.596. The number of hydrogen-bond acceptors (Lipinski definition) is 3. The fraction of sp³-hybridized carbons (Fsp3) is 0.455. The number of rotatable bonds is 2. The average molecular weight is 352 g/mol. The normalized spacial score (nSPS) is 20.7. The Morgan fingerprint density at radius 3 is 2.62 bits per heavy atom. The maximum atomic E-state index is 5.65. The van der Waals surface area contributed by atoms with E-state index < -0.39 is 8.60 Å². The molecule has 3 nitrogen and oxygen atoms in total. The van der Waals surface area contributed by atoms with E-state index in [0.29, 0.717) is 13.2 Å². The molecule has 1 heterocycles. The van der Waals surface area contributed by atoms with Crippen molar-refractivity contribution in [1.82, 2.24) is 0 Å². The Morgan fingerprint density at radius 1 is 1.31 bits per heavy atom. The zero-order chi connectivity index (χ0) is 11.6. The van der Waals surface area contributed by atoms with Crippen LogP contribution < -0.4 is 4.52 Å². The maximum absolute atomic E-state index is 5.65. The van der Waals surface area contributed by atoms with E-state index in [1.807, 2.05) is 24.3 Å². The molecule has 0 radical (unpaired) electrons. The van der Waals surface area contributed by atoms with Crippen LogP contribution in [-0.4, -0.2) is 13.2 Å². The van der Waals surface area contributed by atoms with E-state index in [-0.39, 0.29) is 5.41 Å². The molecule has 0 N–H and O–H groups in total. The second-order valence-electron chi connectivity index (χ2n) is 4.48. The highest BCUT2D eigenvalue weighted by Crippen LogP contribution is 2.46. The first-order chi connectivity index (χ1) is 7.55. The molecule has 1 aromatic rings. The van der Waals surface area contributed by atoms with Gasteiger partial charge in [0.05, 0.1) is 13.2 Å². The van der Waals surface area contributed by atoms with E-state index in [4.69, 9.17) is 13.6 Å². The van der Waals surface area contributed by atoms with Gasteiger partial charge in [-0.05, 0) is 40.8 Å². The summed E-state index contributed by atoms with van der Waals surface area (Å²) in [4.78, 5) is 0. The summed E-state index contributed by atoms with van der Waals surface area (Å²) in [5.74, 6) is 0.803. The summed E-state index contributed by atoms with van der Waals surface area (Å²) in [7, 11) is -1.22. The Bertz CT molecular complexity index is 360. The van der Waals surface area contributed by atoms with Crippen LogP contribution in [0.2, 0.25) is 0 Å². The summed E-state index contributed by atoms with van der Waals surface area (Å²) >= 11 is 2.25. The number of benzene rings is 1. The molecule has 2 rings (SSSR count). The maximum Gasteiger partial charge on any atom is 0.397 e. The molecule has 0 bridgehead atoms. The highest BCUT2D eigenvalue weighted by molar-refractivity contribution is 14.1. The predicted octanol–water partition coefficient (Wildman–Crippen LogP) is 3.97. The Hall–Kier alpha value is 0.1000. The molecule has 0 atom stereocenters. The lowest BCUT2D eigenvalue weighted by Gasteiger charge is -2.32. The molecule has 0 spiro atoms. The second-order valence-corrected chi connectivity index (χ2v) is 6.88. The van der Waals surface area contributed by atoms with Crippen LogP contribution >= 0.6 is 31.2 Å². The lowest BCUT2D eigenvalue weighted by molar-refractivity contribution is 0.0426. The van der Waals surface area contributed by atoms with E-state index in [1.165, 1.54) is 0 Å². The fourth-order valence-electron chi connectivity index (χ4n) is 1.20. The molecule has 1 fully saturated rings. The van der Waals surface area contributed by atoms with Crippen LogP contribution in [-0.2, 0) is 9.05 Å². The van der Waals surface area contributed by atoms with Gasteiger partial charge >= 0.3 is 8.60 Å². The largest absolute Gasteiger partial charge is 0.427 e. The van der Waals surface area contributed by atoms with E-state index in [9.17, 15) is 0 Å². The minimum absolute atomic E-state index is 0.0906. The summed E-state index contributed by atoms with van der Waals surface area (Å²) in [6.45, 7) is 5.60. The zero-order valence-corrected chi connectivity index (χ0v) is 12.3. The smallest absolute Gasteiger partial charge is 0.397 e. The Kier molecular flexibility index (Phi) is 4.06. The molecular weight excluding hydrogens is 338 g/mol.